The summed E-state index contributed by atoms with van der Waals surface area (Å²) in [6.45, 7) is 0. The number of halogens is 1. The highest BCUT2D eigenvalue weighted by Gasteiger charge is 2.16. The Hall–Kier alpha value is -2.33. The monoisotopic (exact) mass is 298 g/mol. The largest absolute Gasteiger partial charge is 0.478 e. The Kier molecular flexibility index (Phi) is 3.62. The van der Waals surface area contributed by atoms with Crippen molar-refractivity contribution in [3.63, 3.8) is 0 Å². The summed E-state index contributed by atoms with van der Waals surface area (Å²) in [5.41, 5.74) is -0.282. The standard InChI is InChI=1S/C17H11FO2S/c18-14-6-3-7-15(16(14)17(19)20)21-13-9-8-11-4-1-2-5-12(11)10-13/h1-10H,(H,19,20). The first-order valence-corrected chi connectivity index (χ1v) is 7.15. The highest BCUT2D eigenvalue weighted by Crippen LogP contribution is 2.33. The summed E-state index contributed by atoms with van der Waals surface area (Å²) >= 11 is 1.25. The summed E-state index contributed by atoms with van der Waals surface area (Å²) in [6.07, 6.45) is 0. The lowest BCUT2D eigenvalue weighted by Crippen LogP contribution is -2.02. The number of rotatable bonds is 3. The molecule has 0 spiro atoms. The van der Waals surface area contributed by atoms with E-state index in [2.05, 4.69) is 0 Å². The fourth-order valence-corrected chi connectivity index (χ4v) is 3.16. The summed E-state index contributed by atoms with van der Waals surface area (Å²) in [6, 6.07) is 18.0. The van der Waals surface area contributed by atoms with E-state index in [4.69, 9.17) is 5.11 Å². The van der Waals surface area contributed by atoms with E-state index in [1.165, 1.54) is 17.8 Å². The quantitative estimate of drug-likeness (QED) is 0.752. The molecule has 0 aromatic heterocycles. The third kappa shape index (κ3) is 2.76. The maximum atomic E-state index is 13.7. The van der Waals surface area contributed by atoms with Crippen LogP contribution >= 0.6 is 11.8 Å². The number of hydrogen-bond donors (Lipinski definition) is 1. The molecule has 21 heavy (non-hydrogen) atoms. The molecule has 0 saturated carbocycles. The summed E-state index contributed by atoms with van der Waals surface area (Å²) < 4.78 is 13.7. The van der Waals surface area contributed by atoms with Crippen LogP contribution in [0.5, 0.6) is 0 Å². The van der Waals surface area contributed by atoms with Crippen LogP contribution in [-0.4, -0.2) is 11.1 Å². The molecule has 0 bridgehead atoms. The second kappa shape index (κ2) is 5.58. The lowest BCUT2D eigenvalue weighted by atomic mass is 10.1. The fourth-order valence-electron chi connectivity index (χ4n) is 2.15. The van der Waals surface area contributed by atoms with Crippen molar-refractivity contribution in [1.29, 1.82) is 0 Å². The van der Waals surface area contributed by atoms with Gasteiger partial charge in [0, 0.05) is 9.79 Å². The fraction of sp³-hybridized carbons (Fsp3) is 0. The smallest absolute Gasteiger partial charge is 0.339 e. The third-order valence-corrected chi connectivity index (χ3v) is 4.19. The van der Waals surface area contributed by atoms with E-state index in [-0.39, 0.29) is 5.56 Å². The average molecular weight is 298 g/mol. The zero-order valence-electron chi connectivity index (χ0n) is 10.9. The Morgan fingerprint density at radius 3 is 2.48 bits per heavy atom. The van der Waals surface area contributed by atoms with E-state index in [9.17, 15) is 9.18 Å². The maximum Gasteiger partial charge on any atom is 0.339 e. The van der Waals surface area contributed by atoms with Gasteiger partial charge in [0.2, 0.25) is 0 Å². The maximum absolute atomic E-state index is 13.7. The van der Waals surface area contributed by atoms with Gasteiger partial charge in [0.15, 0.2) is 0 Å². The van der Waals surface area contributed by atoms with Gasteiger partial charge in [-0.2, -0.15) is 0 Å². The first-order valence-electron chi connectivity index (χ1n) is 6.33. The van der Waals surface area contributed by atoms with Gasteiger partial charge in [-0.1, -0.05) is 48.2 Å². The summed E-state index contributed by atoms with van der Waals surface area (Å²) in [7, 11) is 0. The molecular weight excluding hydrogens is 287 g/mol. The van der Waals surface area contributed by atoms with E-state index >= 15 is 0 Å². The zero-order valence-corrected chi connectivity index (χ0v) is 11.7. The van der Waals surface area contributed by atoms with Gasteiger partial charge >= 0.3 is 5.97 Å². The van der Waals surface area contributed by atoms with E-state index in [1.807, 2.05) is 42.5 Å². The molecule has 0 unspecified atom stereocenters. The van der Waals surface area contributed by atoms with Crippen molar-refractivity contribution in [1.82, 2.24) is 0 Å². The van der Waals surface area contributed by atoms with Crippen molar-refractivity contribution in [2.45, 2.75) is 9.79 Å². The van der Waals surface area contributed by atoms with Crippen LogP contribution in [0.4, 0.5) is 4.39 Å². The number of carboxylic acid groups (broad SMARTS) is 1. The third-order valence-electron chi connectivity index (χ3n) is 3.14. The van der Waals surface area contributed by atoms with Crippen LogP contribution in [0, 0.1) is 5.82 Å². The molecule has 0 amide bonds. The van der Waals surface area contributed by atoms with Crippen LogP contribution in [0.15, 0.2) is 70.5 Å². The van der Waals surface area contributed by atoms with Gasteiger partial charge in [0.05, 0.1) is 0 Å². The molecule has 3 rings (SSSR count). The number of carboxylic acids is 1. The number of hydrogen-bond acceptors (Lipinski definition) is 2. The van der Waals surface area contributed by atoms with E-state index < -0.39 is 11.8 Å². The average Bonchev–Trinajstić information content (AvgIpc) is 2.47. The van der Waals surface area contributed by atoms with Crippen molar-refractivity contribution in [2.75, 3.05) is 0 Å². The molecule has 3 aromatic rings. The van der Waals surface area contributed by atoms with Crippen LogP contribution < -0.4 is 0 Å². The first kappa shape index (κ1) is 13.6. The van der Waals surface area contributed by atoms with Crippen molar-refractivity contribution in [2.24, 2.45) is 0 Å². The predicted molar refractivity (Wildman–Crippen MR) is 81.4 cm³/mol. The van der Waals surface area contributed by atoms with Gasteiger partial charge in [0.1, 0.15) is 11.4 Å². The van der Waals surface area contributed by atoms with Crippen molar-refractivity contribution in [3.05, 3.63) is 72.0 Å². The van der Waals surface area contributed by atoms with E-state index in [1.54, 1.807) is 6.07 Å². The summed E-state index contributed by atoms with van der Waals surface area (Å²) in [4.78, 5) is 12.5. The lowest BCUT2D eigenvalue weighted by Gasteiger charge is -2.07. The van der Waals surface area contributed by atoms with Gasteiger partial charge in [-0.05, 0) is 35.0 Å². The number of aromatic carboxylic acids is 1. The van der Waals surface area contributed by atoms with Crippen molar-refractivity contribution < 1.29 is 14.3 Å². The highest BCUT2D eigenvalue weighted by atomic mass is 32.2. The molecule has 104 valence electrons. The van der Waals surface area contributed by atoms with Gasteiger partial charge in [0.25, 0.3) is 0 Å². The number of benzene rings is 3. The second-order valence-corrected chi connectivity index (χ2v) is 5.64. The minimum absolute atomic E-state index is 0.282. The van der Waals surface area contributed by atoms with Crippen LogP contribution in [0.2, 0.25) is 0 Å². The van der Waals surface area contributed by atoms with Gasteiger partial charge < -0.3 is 5.11 Å². The van der Waals surface area contributed by atoms with Gasteiger partial charge in [-0.15, -0.1) is 0 Å². The molecule has 0 atom stereocenters. The Labute approximate surface area is 125 Å². The SMILES string of the molecule is O=C(O)c1c(F)cccc1Sc1ccc2ccccc2c1. The zero-order chi connectivity index (χ0) is 14.8. The number of carbonyl (C=O) groups is 1. The van der Waals surface area contributed by atoms with E-state index in [0.717, 1.165) is 21.7 Å². The van der Waals surface area contributed by atoms with Crippen LogP contribution in [0.1, 0.15) is 10.4 Å². The summed E-state index contributed by atoms with van der Waals surface area (Å²) in [5.74, 6) is -1.97. The molecule has 2 nitrogen and oxygen atoms in total. The topological polar surface area (TPSA) is 37.3 Å². The Balaban J connectivity index is 2.02. The van der Waals surface area contributed by atoms with Crippen LogP contribution in [0.3, 0.4) is 0 Å². The molecule has 0 aliphatic carbocycles. The molecule has 4 heteroatoms. The molecule has 0 radical (unpaired) electrons. The molecule has 0 aliphatic rings. The predicted octanol–water partition coefficient (Wildman–Crippen LogP) is 4.83. The minimum Gasteiger partial charge on any atom is -0.478 e. The van der Waals surface area contributed by atoms with Gasteiger partial charge in [-0.25, -0.2) is 9.18 Å². The molecule has 0 heterocycles. The van der Waals surface area contributed by atoms with Crippen molar-refractivity contribution in [3.8, 4) is 0 Å². The van der Waals surface area contributed by atoms with Crippen LogP contribution in [-0.2, 0) is 0 Å². The highest BCUT2D eigenvalue weighted by molar-refractivity contribution is 7.99. The number of fused-ring (bicyclic) bond motifs is 1. The Morgan fingerprint density at radius 2 is 1.71 bits per heavy atom. The molecule has 0 saturated heterocycles. The molecule has 0 aliphatic heterocycles. The normalized spacial score (nSPS) is 10.7. The van der Waals surface area contributed by atoms with Crippen LogP contribution in [0.25, 0.3) is 10.8 Å². The Bertz CT molecular complexity index is 830. The lowest BCUT2D eigenvalue weighted by molar-refractivity contribution is 0.0688. The second-order valence-electron chi connectivity index (χ2n) is 4.53. The van der Waals surface area contributed by atoms with E-state index in [0.29, 0.717) is 4.90 Å². The first-order chi connectivity index (χ1) is 10.1. The molecular formula is C17H11FO2S. The minimum atomic E-state index is -1.25. The van der Waals surface area contributed by atoms with Crippen molar-refractivity contribution >= 4 is 28.5 Å². The van der Waals surface area contributed by atoms with Gasteiger partial charge in [-0.3, -0.25) is 0 Å². The Morgan fingerprint density at radius 1 is 0.952 bits per heavy atom. The summed E-state index contributed by atoms with van der Waals surface area (Å²) in [5, 5.41) is 11.3. The molecule has 0 fully saturated rings. The molecule has 3 aromatic carbocycles. The molecule has 1 N–H and O–H groups in total.